The van der Waals surface area contributed by atoms with Gasteiger partial charge in [0.2, 0.25) is 0 Å². The van der Waals surface area contributed by atoms with Crippen molar-refractivity contribution in [3.05, 3.63) is 47.4 Å². The Kier molecular flexibility index (Phi) is 5.17. The molecule has 0 fully saturated rings. The van der Waals surface area contributed by atoms with Crippen LogP contribution in [0.15, 0.2) is 36.7 Å². The van der Waals surface area contributed by atoms with Crippen molar-refractivity contribution in [3.8, 4) is 40.9 Å². The molecule has 1 aromatic carbocycles. The van der Waals surface area contributed by atoms with Gasteiger partial charge in [-0.1, -0.05) is 11.6 Å². The molecule has 0 radical (unpaired) electrons. The van der Waals surface area contributed by atoms with E-state index in [4.69, 9.17) is 18.0 Å². The average Bonchev–Trinajstić information content (AvgIpc) is 3.07. The zero-order valence-corrected chi connectivity index (χ0v) is 14.8. The van der Waals surface area contributed by atoms with Gasteiger partial charge in [-0.3, -0.25) is 0 Å². The van der Waals surface area contributed by atoms with Crippen molar-refractivity contribution in [3.63, 3.8) is 0 Å². The number of pyridine rings is 1. The summed E-state index contributed by atoms with van der Waals surface area (Å²) in [4.78, 5) is 4.27. The van der Waals surface area contributed by atoms with Crippen molar-refractivity contribution < 1.29 is 0 Å². The number of aromatic nitrogens is 4. The summed E-state index contributed by atoms with van der Waals surface area (Å²) < 4.78 is 1.82. The number of benzene rings is 1. The molecule has 0 unspecified atom stereocenters. The fourth-order valence-corrected chi connectivity index (χ4v) is 2.79. The molecule has 0 aliphatic rings. The molecule has 3 rings (SSSR count). The normalized spacial score (nSPS) is 10.2. The highest BCUT2D eigenvalue weighted by Gasteiger charge is 2.14. The Morgan fingerprint density at radius 2 is 2.12 bits per heavy atom. The molecule has 0 saturated heterocycles. The van der Waals surface area contributed by atoms with Crippen LogP contribution in [0, 0.1) is 23.7 Å². The Bertz CT molecular complexity index is 1030. The molecule has 128 valence electrons. The molecule has 0 bridgehead atoms. The molecule has 6 nitrogen and oxygen atoms in total. The summed E-state index contributed by atoms with van der Waals surface area (Å²) in [6.45, 7) is 0.595. The Morgan fingerprint density at radius 3 is 2.81 bits per heavy atom. The topological polar surface area (TPSA) is 79.4 Å². The fraction of sp³-hybridized carbons (Fsp3) is 0.158. The summed E-state index contributed by atoms with van der Waals surface area (Å²) in [6, 6.07) is 11.2. The number of halogens is 1. The number of hydrogen-bond acceptors (Lipinski definition) is 5. The highest BCUT2D eigenvalue weighted by molar-refractivity contribution is 6.29. The van der Waals surface area contributed by atoms with Gasteiger partial charge in [-0.2, -0.15) is 5.26 Å². The minimum absolute atomic E-state index is 0.344. The summed E-state index contributed by atoms with van der Waals surface area (Å²) in [5.41, 5.74) is 3.04. The molecule has 0 saturated carbocycles. The summed E-state index contributed by atoms with van der Waals surface area (Å²) in [5, 5.41) is 20.9. The van der Waals surface area contributed by atoms with Crippen molar-refractivity contribution in [1.29, 1.82) is 5.26 Å². The standard InChI is InChI=1S/C19H15ClN6/c1-3-4-7-22-18-10-14(9-17(20)24-18)16-8-13(11-21)5-6-15(16)19-25-23-12-26(19)2/h1,5-6,8-10,12H,4,7H2,2H3,(H,22,24). The Labute approximate surface area is 156 Å². The largest absolute Gasteiger partial charge is 0.369 e. The lowest BCUT2D eigenvalue weighted by Gasteiger charge is -2.12. The maximum absolute atomic E-state index is 9.28. The smallest absolute Gasteiger partial charge is 0.164 e. The third-order valence-corrected chi connectivity index (χ3v) is 3.98. The van der Waals surface area contributed by atoms with E-state index in [0.29, 0.717) is 35.3 Å². The summed E-state index contributed by atoms with van der Waals surface area (Å²) in [5.74, 6) is 3.88. The fourth-order valence-electron chi connectivity index (χ4n) is 2.58. The van der Waals surface area contributed by atoms with Gasteiger partial charge in [0, 0.05) is 25.6 Å². The number of nitriles is 1. The van der Waals surface area contributed by atoms with E-state index in [9.17, 15) is 5.26 Å². The van der Waals surface area contributed by atoms with E-state index in [1.807, 2.05) is 23.7 Å². The first-order chi connectivity index (χ1) is 12.6. The molecule has 0 spiro atoms. The number of nitrogens with zero attached hydrogens (tertiary/aromatic N) is 5. The Balaban J connectivity index is 2.12. The van der Waals surface area contributed by atoms with Gasteiger partial charge in [-0.25, -0.2) is 4.98 Å². The van der Waals surface area contributed by atoms with Gasteiger partial charge in [-0.15, -0.1) is 22.5 Å². The van der Waals surface area contributed by atoms with E-state index in [-0.39, 0.29) is 0 Å². The van der Waals surface area contributed by atoms with Crippen molar-refractivity contribution in [2.24, 2.45) is 7.05 Å². The highest BCUT2D eigenvalue weighted by Crippen LogP contribution is 2.33. The molecule has 0 aliphatic carbocycles. The zero-order valence-electron chi connectivity index (χ0n) is 14.1. The number of aryl methyl sites for hydroxylation is 1. The van der Waals surface area contributed by atoms with Crippen LogP contribution in [-0.4, -0.2) is 26.3 Å². The van der Waals surface area contributed by atoms with Gasteiger partial charge >= 0.3 is 0 Å². The van der Waals surface area contributed by atoms with Crippen LogP contribution in [-0.2, 0) is 7.05 Å². The third-order valence-electron chi connectivity index (χ3n) is 3.78. The van der Waals surface area contributed by atoms with Crippen LogP contribution >= 0.6 is 11.6 Å². The number of nitrogens with one attached hydrogen (secondary N) is 1. The molecule has 3 aromatic rings. The quantitative estimate of drug-likeness (QED) is 0.427. The number of hydrogen-bond donors (Lipinski definition) is 1. The van der Waals surface area contributed by atoms with E-state index in [1.54, 1.807) is 24.5 Å². The number of rotatable bonds is 5. The van der Waals surface area contributed by atoms with Gasteiger partial charge < -0.3 is 9.88 Å². The van der Waals surface area contributed by atoms with Crippen LogP contribution in [0.25, 0.3) is 22.5 Å². The lowest BCUT2D eigenvalue weighted by Crippen LogP contribution is -2.03. The van der Waals surface area contributed by atoms with E-state index in [1.165, 1.54) is 0 Å². The number of anilines is 1. The van der Waals surface area contributed by atoms with Crippen LogP contribution in [0.1, 0.15) is 12.0 Å². The van der Waals surface area contributed by atoms with Gasteiger partial charge in [0.25, 0.3) is 0 Å². The van der Waals surface area contributed by atoms with Crippen molar-refractivity contribution in [2.45, 2.75) is 6.42 Å². The van der Waals surface area contributed by atoms with Gasteiger partial charge in [0.1, 0.15) is 17.3 Å². The van der Waals surface area contributed by atoms with E-state index < -0.39 is 0 Å². The maximum Gasteiger partial charge on any atom is 0.164 e. The first-order valence-corrected chi connectivity index (χ1v) is 8.24. The molecule has 1 N–H and O–H groups in total. The molecule has 26 heavy (non-hydrogen) atoms. The minimum Gasteiger partial charge on any atom is -0.369 e. The molecule has 2 heterocycles. The number of terminal acetylenes is 1. The van der Waals surface area contributed by atoms with E-state index >= 15 is 0 Å². The van der Waals surface area contributed by atoms with Crippen LogP contribution in [0.2, 0.25) is 5.15 Å². The first kappa shape index (κ1) is 17.5. The van der Waals surface area contributed by atoms with Crippen molar-refractivity contribution >= 4 is 17.4 Å². The Morgan fingerprint density at radius 1 is 1.27 bits per heavy atom. The molecular formula is C19H15ClN6. The highest BCUT2D eigenvalue weighted by atomic mass is 35.5. The SMILES string of the molecule is C#CCCNc1cc(-c2cc(C#N)ccc2-c2nncn2C)cc(Cl)n1. The van der Waals surface area contributed by atoms with E-state index in [0.717, 1.165) is 16.7 Å². The lowest BCUT2D eigenvalue weighted by atomic mass is 9.97. The average molecular weight is 363 g/mol. The molecule has 0 amide bonds. The molecule has 7 heteroatoms. The predicted molar refractivity (Wildman–Crippen MR) is 101 cm³/mol. The van der Waals surface area contributed by atoms with Crippen LogP contribution < -0.4 is 5.32 Å². The van der Waals surface area contributed by atoms with Crippen molar-refractivity contribution in [2.75, 3.05) is 11.9 Å². The monoisotopic (exact) mass is 362 g/mol. The molecule has 0 atom stereocenters. The zero-order chi connectivity index (χ0) is 18.5. The van der Waals surface area contributed by atoms with Crippen molar-refractivity contribution in [1.82, 2.24) is 19.7 Å². The molecular weight excluding hydrogens is 348 g/mol. The molecule has 2 aromatic heterocycles. The first-order valence-electron chi connectivity index (χ1n) is 7.86. The van der Waals surface area contributed by atoms with Gasteiger partial charge in [-0.05, 0) is 41.5 Å². The third kappa shape index (κ3) is 3.66. The summed E-state index contributed by atoms with van der Waals surface area (Å²) in [7, 11) is 1.86. The minimum atomic E-state index is 0.344. The summed E-state index contributed by atoms with van der Waals surface area (Å²) >= 11 is 6.21. The van der Waals surface area contributed by atoms with Crippen LogP contribution in [0.5, 0.6) is 0 Å². The maximum atomic E-state index is 9.28. The lowest BCUT2D eigenvalue weighted by molar-refractivity contribution is 0.920. The second-order valence-corrected chi connectivity index (χ2v) is 5.97. The Hall–Kier alpha value is -3.35. The molecule has 0 aliphatic heterocycles. The van der Waals surface area contributed by atoms with Gasteiger partial charge in [0.15, 0.2) is 5.82 Å². The predicted octanol–water partition coefficient (Wildman–Crippen LogP) is 3.50. The van der Waals surface area contributed by atoms with Crippen LogP contribution in [0.4, 0.5) is 5.82 Å². The van der Waals surface area contributed by atoms with E-state index in [2.05, 4.69) is 32.5 Å². The van der Waals surface area contributed by atoms with Gasteiger partial charge in [0.05, 0.1) is 11.6 Å². The second-order valence-electron chi connectivity index (χ2n) is 5.58. The van der Waals surface area contributed by atoms with Crippen LogP contribution in [0.3, 0.4) is 0 Å². The summed E-state index contributed by atoms with van der Waals surface area (Å²) in [6.07, 6.45) is 7.49. The second kappa shape index (κ2) is 7.69.